The number of anilines is 1. The van der Waals surface area contributed by atoms with E-state index in [1.807, 2.05) is 18.3 Å². The van der Waals surface area contributed by atoms with E-state index in [1.165, 1.54) is 12.8 Å². The van der Waals surface area contributed by atoms with Gasteiger partial charge in [0.2, 0.25) is 0 Å². The smallest absolute Gasteiger partial charge is 0.123 e. The van der Waals surface area contributed by atoms with E-state index in [-0.39, 0.29) is 0 Å². The van der Waals surface area contributed by atoms with Crippen LogP contribution in [-0.2, 0) is 0 Å². The van der Waals surface area contributed by atoms with E-state index in [0.29, 0.717) is 11.9 Å². The van der Waals surface area contributed by atoms with Crippen LogP contribution in [0.25, 0.3) is 11.1 Å². The molecule has 1 aliphatic rings. The molecule has 2 aromatic heterocycles. The Kier molecular flexibility index (Phi) is 2.98. The SMILES string of the molecule is Nc1cc(-c2cn[nH]c2C2CCCCN2)ccn1. The van der Waals surface area contributed by atoms with Gasteiger partial charge in [0.15, 0.2) is 0 Å². The quantitative estimate of drug-likeness (QED) is 0.752. The van der Waals surface area contributed by atoms with Crippen LogP contribution in [0, 0.1) is 0 Å². The Morgan fingerprint density at radius 1 is 1.33 bits per heavy atom. The maximum atomic E-state index is 5.74. The summed E-state index contributed by atoms with van der Waals surface area (Å²) in [7, 11) is 0. The number of nitrogen functional groups attached to an aromatic ring is 1. The van der Waals surface area contributed by atoms with Crippen LogP contribution in [-0.4, -0.2) is 21.7 Å². The first-order valence-electron chi connectivity index (χ1n) is 6.33. The number of nitrogens with zero attached hydrogens (tertiary/aromatic N) is 2. The minimum atomic E-state index is 0.366. The first-order valence-corrected chi connectivity index (χ1v) is 6.33. The van der Waals surface area contributed by atoms with Gasteiger partial charge in [-0.3, -0.25) is 5.10 Å². The number of piperidine rings is 1. The van der Waals surface area contributed by atoms with Gasteiger partial charge in [0, 0.05) is 17.8 Å². The number of rotatable bonds is 2. The lowest BCUT2D eigenvalue weighted by molar-refractivity contribution is 0.405. The summed E-state index contributed by atoms with van der Waals surface area (Å²) in [6.45, 7) is 1.07. The van der Waals surface area contributed by atoms with E-state index in [2.05, 4.69) is 20.5 Å². The van der Waals surface area contributed by atoms with Crippen LogP contribution in [0.3, 0.4) is 0 Å². The highest BCUT2D eigenvalue weighted by molar-refractivity contribution is 5.67. The molecule has 0 saturated carbocycles. The van der Waals surface area contributed by atoms with E-state index in [4.69, 9.17) is 5.73 Å². The summed E-state index contributed by atoms with van der Waals surface area (Å²) in [4.78, 5) is 4.02. The zero-order valence-electron chi connectivity index (χ0n) is 10.2. The molecule has 0 aromatic carbocycles. The van der Waals surface area contributed by atoms with E-state index in [1.54, 1.807) is 6.20 Å². The minimum Gasteiger partial charge on any atom is -0.384 e. The Morgan fingerprint density at radius 2 is 2.28 bits per heavy atom. The van der Waals surface area contributed by atoms with Gasteiger partial charge in [0.25, 0.3) is 0 Å². The van der Waals surface area contributed by atoms with Crippen LogP contribution in [0.5, 0.6) is 0 Å². The molecule has 0 amide bonds. The lowest BCUT2D eigenvalue weighted by Gasteiger charge is -2.23. The van der Waals surface area contributed by atoms with Crippen molar-refractivity contribution < 1.29 is 0 Å². The van der Waals surface area contributed by atoms with Crippen LogP contribution in [0.4, 0.5) is 5.82 Å². The van der Waals surface area contributed by atoms with Crippen LogP contribution in [0.1, 0.15) is 31.0 Å². The Labute approximate surface area is 106 Å². The summed E-state index contributed by atoms with van der Waals surface area (Å²) in [5.74, 6) is 0.538. The Balaban J connectivity index is 1.95. The van der Waals surface area contributed by atoms with Gasteiger partial charge in [-0.2, -0.15) is 5.10 Å². The second-order valence-corrected chi connectivity index (χ2v) is 4.67. The van der Waals surface area contributed by atoms with Crippen molar-refractivity contribution in [3.63, 3.8) is 0 Å². The second kappa shape index (κ2) is 4.78. The molecule has 3 rings (SSSR count). The fourth-order valence-electron chi connectivity index (χ4n) is 2.51. The maximum Gasteiger partial charge on any atom is 0.123 e. The summed E-state index contributed by atoms with van der Waals surface area (Å²) in [6, 6.07) is 4.22. The van der Waals surface area contributed by atoms with E-state index < -0.39 is 0 Å². The van der Waals surface area contributed by atoms with Gasteiger partial charge in [0.1, 0.15) is 5.82 Å². The first-order chi connectivity index (χ1) is 8.84. The standard InChI is InChI=1S/C13H17N5/c14-12-7-9(4-6-16-12)10-8-17-18-13(10)11-3-1-2-5-15-11/h4,6-8,11,15H,1-3,5H2,(H2,14,16)(H,17,18). The Bertz CT molecular complexity index is 528. The van der Waals surface area contributed by atoms with Crippen molar-refractivity contribution in [2.45, 2.75) is 25.3 Å². The Hall–Kier alpha value is -1.88. The van der Waals surface area contributed by atoms with Crippen molar-refractivity contribution in [3.05, 3.63) is 30.2 Å². The van der Waals surface area contributed by atoms with Crippen LogP contribution in [0.15, 0.2) is 24.5 Å². The predicted molar refractivity (Wildman–Crippen MR) is 70.8 cm³/mol. The number of H-pyrrole nitrogens is 1. The van der Waals surface area contributed by atoms with Gasteiger partial charge in [-0.1, -0.05) is 6.42 Å². The highest BCUT2D eigenvalue weighted by Gasteiger charge is 2.20. The van der Waals surface area contributed by atoms with Gasteiger partial charge >= 0.3 is 0 Å². The number of aromatic amines is 1. The summed E-state index contributed by atoms with van der Waals surface area (Å²) in [6.07, 6.45) is 7.25. The molecule has 1 fully saturated rings. The van der Waals surface area contributed by atoms with Crippen LogP contribution < -0.4 is 11.1 Å². The third kappa shape index (κ3) is 2.09. The molecule has 94 valence electrons. The van der Waals surface area contributed by atoms with E-state index >= 15 is 0 Å². The third-order valence-corrected chi connectivity index (χ3v) is 3.42. The highest BCUT2D eigenvalue weighted by Crippen LogP contribution is 2.30. The molecule has 2 aromatic rings. The molecular formula is C13H17N5. The Morgan fingerprint density at radius 3 is 3.06 bits per heavy atom. The van der Waals surface area contributed by atoms with Crippen molar-refractivity contribution in [2.24, 2.45) is 0 Å². The molecular weight excluding hydrogens is 226 g/mol. The number of nitrogens with two attached hydrogens (primary N) is 1. The summed E-state index contributed by atoms with van der Waals surface area (Å²) < 4.78 is 0. The van der Waals surface area contributed by atoms with Crippen molar-refractivity contribution in [1.29, 1.82) is 0 Å². The molecule has 4 N–H and O–H groups in total. The van der Waals surface area contributed by atoms with Crippen LogP contribution >= 0.6 is 0 Å². The molecule has 0 bridgehead atoms. The van der Waals surface area contributed by atoms with Gasteiger partial charge in [-0.05, 0) is 37.1 Å². The van der Waals surface area contributed by atoms with Crippen molar-refractivity contribution in [3.8, 4) is 11.1 Å². The fourth-order valence-corrected chi connectivity index (χ4v) is 2.51. The largest absolute Gasteiger partial charge is 0.384 e. The summed E-state index contributed by atoms with van der Waals surface area (Å²) in [5.41, 5.74) is 9.07. The average Bonchev–Trinajstić information content (AvgIpc) is 2.89. The number of pyridine rings is 1. The minimum absolute atomic E-state index is 0.366. The zero-order valence-corrected chi connectivity index (χ0v) is 10.2. The maximum absolute atomic E-state index is 5.74. The molecule has 1 saturated heterocycles. The zero-order chi connectivity index (χ0) is 12.4. The number of hydrogen-bond donors (Lipinski definition) is 3. The lowest BCUT2D eigenvalue weighted by atomic mass is 9.97. The molecule has 5 nitrogen and oxygen atoms in total. The molecule has 1 aliphatic heterocycles. The lowest BCUT2D eigenvalue weighted by Crippen LogP contribution is -2.27. The van der Waals surface area contributed by atoms with Crippen molar-refractivity contribution in [1.82, 2.24) is 20.5 Å². The average molecular weight is 243 g/mol. The molecule has 18 heavy (non-hydrogen) atoms. The fraction of sp³-hybridized carbons (Fsp3) is 0.385. The molecule has 0 aliphatic carbocycles. The van der Waals surface area contributed by atoms with Gasteiger partial charge < -0.3 is 11.1 Å². The van der Waals surface area contributed by atoms with Crippen molar-refractivity contribution >= 4 is 5.82 Å². The first kappa shape index (κ1) is 11.2. The number of nitrogens with one attached hydrogen (secondary N) is 2. The molecule has 0 radical (unpaired) electrons. The highest BCUT2D eigenvalue weighted by atomic mass is 15.1. The number of aromatic nitrogens is 3. The van der Waals surface area contributed by atoms with Crippen LogP contribution in [0.2, 0.25) is 0 Å². The monoisotopic (exact) mass is 243 g/mol. The molecule has 1 unspecified atom stereocenters. The normalized spacial score (nSPS) is 19.9. The van der Waals surface area contributed by atoms with Gasteiger partial charge in [-0.25, -0.2) is 4.98 Å². The molecule has 1 atom stereocenters. The number of hydrogen-bond acceptors (Lipinski definition) is 4. The van der Waals surface area contributed by atoms with Crippen molar-refractivity contribution in [2.75, 3.05) is 12.3 Å². The summed E-state index contributed by atoms with van der Waals surface area (Å²) >= 11 is 0. The van der Waals surface area contributed by atoms with Gasteiger partial charge in [0.05, 0.1) is 11.9 Å². The molecule has 3 heterocycles. The molecule has 0 spiro atoms. The third-order valence-electron chi connectivity index (χ3n) is 3.42. The predicted octanol–water partition coefficient (Wildman–Crippen LogP) is 1.87. The molecule has 5 heteroatoms. The topological polar surface area (TPSA) is 79.6 Å². The van der Waals surface area contributed by atoms with Gasteiger partial charge in [-0.15, -0.1) is 0 Å². The van der Waals surface area contributed by atoms with E-state index in [0.717, 1.165) is 29.8 Å². The summed E-state index contributed by atoms with van der Waals surface area (Å²) in [5, 5.41) is 10.8. The second-order valence-electron chi connectivity index (χ2n) is 4.67. The van der Waals surface area contributed by atoms with E-state index in [9.17, 15) is 0 Å².